The van der Waals surface area contributed by atoms with E-state index in [9.17, 15) is 19.4 Å². The van der Waals surface area contributed by atoms with Gasteiger partial charge in [-0.1, -0.05) is 58.3 Å². The van der Waals surface area contributed by atoms with Crippen LogP contribution in [0, 0.1) is 17.3 Å². The maximum atomic E-state index is 14.3. The molecule has 0 unspecified atom stereocenters. The van der Waals surface area contributed by atoms with Gasteiger partial charge in [-0.2, -0.15) is 0 Å². The second kappa shape index (κ2) is 11.6. The molecule has 0 aromatic rings. The van der Waals surface area contributed by atoms with Crippen molar-refractivity contribution in [3.05, 3.63) is 24.3 Å². The Hall–Kier alpha value is -1.20. The molecule has 0 radical (unpaired) electrons. The second-order valence-electron chi connectivity index (χ2n) is 8.51. The van der Waals surface area contributed by atoms with Gasteiger partial charge in [0, 0.05) is 18.4 Å². The summed E-state index contributed by atoms with van der Waals surface area (Å²) >= 11 is 0. The first kappa shape index (κ1) is 23.8. The number of hydrogen-bond donors (Lipinski definition) is 3. The van der Waals surface area contributed by atoms with E-state index >= 15 is 0 Å². The summed E-state index contributed by atoms with van der Waals surface area (Å²) in [5, 5.41) is 29.3. The van der Waals surface area contributed by atoms with Crippen molar-refractivity contribution in [2.75, 3.05) is 0 Å². The lowest BCUT2D eigenvalue weighted by molar-refractivity contribution is -0.131. The Morgan fingerprint density at radius 3 is 2.63 bits per heavy atom. The van der Waals surface area contributed by atoms with E-state index in [-0.39, 0.29) is 23.7 Å². The monoisotopic (exact) mass is 384 g/mol. The number of aliphatic hydroxyl groups excluding tert-OH is 2. The highest BCUT2D eigenvalue weighted by molar-refractivity contribution is 5.79. The summed E-state index contributed by atoms with van der Waals surface area (Å²) in [6.07, 6.45) is 10.0. The molecule has 0 spiro atoms. The number of aliphatic carboxylic acids is 1. The molecular formula is C22H37FO4. The molecule has 0 saturated heterocycles. The largest absolute Gasteiger partial charge is 0.478 e. The van der Waals surface area contributed by atoms with Crippen molar-refractivity contribution in [2.45, 2.75) is 90.5 Å². The number of carbonyl (C=O) groups is 1. The van der Waals surface area contributed by atoms with Gasteiger partial charge < -0.3 is 15.3 Å². The Balaban J connectivity index is 2.58. The van der Waals surface area contributed by atoms with Crippen LogP contribution in [-0.2, 0) is 4.79 Å². The van der Waals surface area contributed by atoms with Crippen LogP contribution in [0.3, 0.4) is 0 Å². The number of aliphatic hydroxyl groups is 2. The third kappa shape index (κ3) is 8.14. The molecule has 1 rings (SSSR count). The van der Waals surface area contributed by atoms with Gasteiger partial charge >= 0.3 is 5.97 Å². The molecule has 1 aliphatic carbocycles. The summed E-state index contributed by atoms with van der Waals surface area (Å²) in [6, 6.07) is 0. The molecule has 3 N–H and O–H groups in total. The molecule has 1 aliphatic rings. The maximum Gasteiger partial charge on any atom is 0.327 e. The van der Waals surface area contributed by atoms with Crippen molar-refractivity contribution in [2.24, 2.45) is 17.3 Å². The van der Waals surface area contributed by atoms with Crippen molar-refractivity contribution in [1.82, 2.24) is 0 Å². The number of carboxylic acid groups (broad SMARTS) is 1. The van der Waals surface area contributed by atoms with Crippen LogP contribution in [0.25, 0.3) is 0 Å². The molecular weight excluding hydrogens is 347 g/mol. The van der Waals surface area contributed by atoms with E-state index in [1.54, 1.807) is 12.2 Å². The molecule has 156 valence electrons. The molecule has 0 amide bonds. The number of carboxylic acids is 1. The van der Waals surface area contributed by atoms with Crippen molar-refractivity contribution in [3.63, 3.8) is 0 Å². The fraction of sp³-hybridized carbons (Fsp3) is 0.773. The normalized spacial score (nSPS) is 27.6. The zero-order valence-electron chi connectivity index (χ0n) is 17.0. The van der Waals surface area contributed by atoms with Gasteiger partial charge in [0.2, 0.25) is 0 Å². The summed E-state index contributed by atoms with van der Waals surface area (Å²) < 4.78 is 14.3. The number of hydrogen-bond acceptors (Lipinski definition) is 3. The number of halogens is 1. The SMILES string of the molecule is CCCCC(C)(C)[C@H](O)C=C[C@@H]1[C@@H](CCCCC=CC(=O)O)[C@H](F)C[C@H]1O. The zero-order valence-corrected chi connectivity index (χ0v) is 17.0. The van der Waals surface area contributed by atoms with Crippen molar-refractivity contribution < 1.29 is 24.5 Å². The van der Waals surface area contributed by atoms with Crippen LogP contribution in [0.4, 0.5) is 4.39 Å². The van der Waals surface area contributed by atoms with Crippen molar-refractivity contribution in [1.29, 1.82) is 0 Å². The lowest BCUT2D eigenvalue weighted by Crippen LogP contribution is -2.28. The van der Waals surface area contributed by atoms with Crippen LogP contribution in [0.2, 0.25) is 0 Å². The summed E-state index contributed by atoms with van der Waals surface area (Å²) in [4.78, 5) is 10.4. The van der Waals surface area contributed by atoms with E-state index in [1.165, 1.54) is 0 Å². The summed E-state index contributed by atoms with van der Waals surface area (Å²) in [6.45, 7) is 6.18. The molecule has 5 atom stereocenters. The van der Waals surface area contributed by atoms with Gasteiger partial charge in [0.25, 0.3) is 0 Å². The zero-order chi connectivity index (χ0) is 20.4. The molecule has 0 aromatic heterocycles. The number of unbranched alkanes of at least 4 members (excludes halogenated alkanes) is 3. The fourth-order valence-corrected chi connectivity index (χ4v) is 3.83. The Morgan fingerprint density at radius 1 is 1.30 bits per heavy atom. The van der Waals surface area contributed by atoms with Gasteiger partial charge in [0.15, 0.2) is 0 Å². The minimum absolute atomic E-state index is 0.147. The Labute approximate surface area is 163 Å². The first-order chi connectivity index (χ1) is 12.7. The van der Waals surface area contributed by atoms with Crippen LogP contribution in [0.1, 0.15) is 72.1 Å². The summed E-state index contributed by atoms with van der Waals surface area (Å²) in [5.74, 6) is -1.47. The Morgan fingerprint density at radius 2 is 2.00 bits per heavy atom. The molecule has 0 bridgehead atoms. The highest BCUT2D eigenvalue weighted by Gasteiger charge is 2.41. The molecule has 5 heteroatoms. The first-order valence-corrected chi connectivity index (χ1v) is 10.3. The van der Waals surface area contributed by atoms with E-state index in [0.29, 0.717) is 12.8 Å². The van der Waals surface area contributed by atoms with E-state index in [1.807, 2.05) is 19.9 Å². The minimum atomic E-state index is -1.03. The molecule has 27 heavy (non-hydrogen) atoms. The van der Waals surface area contributed by atoms with Gasteiger partial charge in [-0.3, -0.25) is 0 Å². The number of rotatable bonds is 12. The fourth-order valence-electron chi connectivity index (χ4n) is 3.83. The summed E-state index contributed by atoms with van der Waals surface area (Å²) in [7, 11) is 0. The van der Waals surface area contributed by atoms with Gasteiger partial charge in [-0.25, -0.2) is 9.18 Å². The number of allylic oxidation sites excluding steroid dienone is 1. The Kier molecular flexibility index (Phi) is 10.2. The van der Waals surface area contributed by atoms with Crippen LogP contribution in [0.5, 0.6) is 0 Å². The lowest BCUT2D eigenvalue weighted by atomic mass is 9.80. The highest BCUT2D eigenvalue weighted by Crippen LogP contribution is 2.39. The topological polar surface area (TPSA) is 77.8 Å². The standard InChI is InChI=1S/C22H37FO4/c1-4-5-14-22(2,3)20(25)13-12-17-16(18(23)15-19(17)24)10-8-6-7-9-11-21(26)27/h9,11-13,16-20,24-25H,4-8,10,14-15H2,1-3H3,(H,26,27)/t16-,17-,18-,19-,20-/m1/s1. The quantitative estimate of drug-likeness (QED) is 0.260. The lowest BCUT2D eigenvalue weighted by Gasteiger charge is -2.29. The van der Waals surface area contributed by atoms with E-state index < -0.39 is 24.3 Å². The number of alkyl halides is 1. The van der Waals surface area contributed by atoms with Crippen molar-refractivity contribution in [3.8, 4) is 0 Å². The molecule has 0 heterocycles. The molecule has 1 saturated carbocycles. The predicted octanol–water partition coefficient (Wildman–Crippen LogP) is 4.66. The average molecular weight is 385 g/mol. The molecule has 1 fully saturated rings. The predicted molar refractivity (Wildman–Crippen MR) is 106 cm³/mol. The minimum Gasteiger partial charge on any atom is -0.478 e. The van der Waals surface area contributed by atoms with Crippen LogP contribution < -0.4 is 0 Å². The first-order valence-electron chi connectivity index (χ1n) is 10.3. The maximum absolute atomic E-state index is 14.3. The highest BCUT2D eigenvalue weighted by atomic mass is 19.1. The third-order valence-electron chi connectivity index (χ3n) is 5.78. The van der Waals surface area contributed by atoms with E-state index in [2.05, 4.69) is 6.92 Å². The van der Waals surface area contributed by atoms with Crippen LogP contribution >= 0.6 is 0 Å². The molecule has 4 nitrogen and oxygen atoms in total. The molecule has 0 aliphatic heterocycles. The third-order valence-corrected chi connectivity index (χ3v) is 5.78. The van der Waals surface area contributed by atoms with Gasteiger partial charge in [-0.05, 0) is 37.0 Å². The molecule has 0 aromatic carbocycles. The van der Waals surface area contributed by atoms with E-state index in [0.717, 1.165) is 38.2 Å². The van der Waals surface area contributed by atoms with E-state index in [4.69, 9.17) is 5.11 Å². The van der Waals surface area contributed by atoms with Crippen LogP contribution in [-0.4, -0.2) is 39.7 Å². The van der Waals surface area contributed by atoms with Gasteiger partial charge in [-0.15, -0.1) is 0 Å². The van der Waals surface area contributed by atoms with Gasteiger partial charge in [0.1, 0.15) is 6.17 Å². The van der Waals surface area contributed by atoms with Crippen molar-refractivity contribution >= 4 is 5.97 Å². The van der Waals surface area contributed by atoms with Crippen LogP contribution in [0.15, 0.2) is 24.3 Å². The summed E-state index contributed by atoms with van der Waals surface area (Å²) in [5.41, 5.74) is -0.239. The average Bonchev–Trinajstić information content (AvgIpc) is 2.86. The van der Waals surface area contributed by atoms with Gasteiger partial charge in [0.05, 0.1) is 12.2 Å². The Bertz CT molecular complexity index is 501. The second-order valence-corrected chi connectivity index (χ2v) is 8.51. The smallest absolute Gasteiger partial charge is 0.327 e.